The van der Waals surface area contributed by atoms with E-state index in [0.717, 1.165) is 128 Å². The van der Waals surface area contributed by atoms with Crippen molar-refractivity contribution in [3.05, 3.63) is 381 Å². The molecule has 4 nitrogen and oxygen atoms in total. The summed E-state index contributed by atoms with van der Waals surface area (Å²) >= 11 is 0. The minimum atomic E-state index is -0.791. The summed E-state index contributed by atoms with van der Waals surface area (Å²) in [5.74, 6) is 0. The molecule has 0 radical (unpaired) electrons. The molecule has 22 rings (SSSR count). The van der Waals surface area contributed by atoms with Crippen molar-refractivity contribution in [2.75, 3.05) is 9.80 Å². The second-order valence-electron chi connectivity index (χ2n) is 27.0. The Labute approximate surface area is 625 Å². The first-order valence-electron chi connectivity index (χ1n) is 42.9. The highest BCUT2D eigenvalue weighted by molar-refractivity contribution is 7.00. The highest BCUT2D eigenvalue weighted by atomic mass is 15.2. The largest absolute Gasteiger partial charge is 0.310 e. The summed E-state index contributed by atoms with van der Waals surface area (Å²) in [4.78, 5) is 4.65. The smallest absolute Gasteiger partial charge is 0.252 e. The van der Waals surface area contributed by atoms with Crippen LogP contribution >= 0.6 is 0 Å². The van der Waals surface area contributed by atoms with Gasteiger partial charge in [0.2, 0.25) is 0 Å². The van der Waals surface area contributed by atoms with Crippen molar-refractivity contribution in [3.8, 4) is 78.1 Å². The Morgan fingerprint density at radius 1 is 0.260 bits per heavy atom. The molecule has 0 saturated carbocycles. The maximum atomic E-state index is 9.93. The number of hydrogen-bond donors (Lipinski definition) is 0. The highest BCUT2D eigenvalue weighted by Crippen LogP contribution is 2.55. The number of rotatable bonds is 9. The van der Waals surface area contributed by atoms with Crippen molar-refractivity contribution in [3.63, 3.8) is 0 Å². The van der Waals surface area contributed by atoms with Gasteiger partial charge in [0.25, 0.3) is 6.71 Å². The number of fused-ring (bicyclic) bond motifs is 16. The predicted octanol–water partition coefficient (Wildman–Crippen LogP) is 24.2. The molecule has 3 aliphatic rings. The van der Waals surface area contributed by atoms with Crippen molar-refractivity contribution in [1.82, 2.24) is 9.13 Å². The molecule has 0 atom stereocenters. The summed E-state index contributed by atoms with van der Waals surface area (Å²) < 4.78 is 155. The van der Waals surface area contributed by atoms with Gasteiger partial charge in [-0.05, 0) is 173 Å². The molecule has 0 N–H and O–H groups in total. The van der Waals surface area contributed by atoms with E-state index in [2.05, 4.69) is 186 Å². The van der Waals surface area contributed by atoms with Crippen molar-refractivity contribution < 1.29 is 21.9 Å². The summed E-state index contributed by atoms with van der Waals surface area (Å²) in [5.41, 5.74) is 19.9. The molecule has 4 heterocycles. The summed E-state index contributed by atoms with van der Waals surface area (Å²) in [7, 11) is 0. The lowest BCUT2D eigenvalue weighted by atomic mass is 9.33. The topological polar surface area (TPSA) is 16.3 Å². The van der Waals surface area contributed by atoms with Gasteiger partial charge in [0.05, 0.1) is 55.4 Å². The van der Waals surface area contributed by atoms with Gasteiger partial charge in [-0.2, -0.15) is 0 Å². The van der Waals surface area contributed by atoms with E-state index in [-0.39, 0.29) is 43.6 Å². The number of aromatic nitrogens is 2. The lowest BCUT2D eigenvalue weighted by Gasteiger charge is -2.46. The van der Waals surface area contributed by atoms with E-state index in [9.17, 15) is 16.4 Å². The Morgan fingerprint density at radius 3 is 1.19 bits per heavy atom. The van der Waals surface area contributed by atoms with Gasteiger partial charge < -0.3 is 18.9 Å². The summed E-state index contributed by atoms with van der Waals surface area (Å²) in [6.07, 6.45) is 0.732. The van der Waals surface area contributed by atoms with Crippen LogP contribution < -0.4 is 26.2 Å². The lowest BCUT2D eigenvalue weighted by molar-refractivity contribution is 1.17. The number of benzene rings is 17. The molecule has 0 bridgehead atoms. The van der Waals surface area contributed by atoms with E-state index in [1.807, 2.05) is 97.1 Å². The Morgan fingerprint density at radius 2 is 0.673 bits per heavy atom. The molecule has 482 valence electrons. The number of nitrogens with zero attached hydrogens (tertiary/aromatic N) is 4. The van der Waals surface area contributed by atoms with Crippen LogP contribution in [0.4, 0.5) is 34.1 Å². The third kappa shape index (κ3) is 8.80. The molecule has 2 aliphatic heterocycles. The second kappa shape index (κ2) is 23.0. The lowest BCUT2D eigenvalue weighted by Crippen LogP contribution is -2.61. The van der Waals surface area contributed by atoms with Gasteiger partial charge in [0, 0.05) is 77.9 Å². The van der Waals surface area contributed by atoms with Crippen molar-refractivity contribution in [2.24, 2.45) is 0 Å². The van der Waals surface area contributed by atoms with Gasteiger partial charge in [-0.3, -0.25) is 0 Å². The van der Waals surface area contributed by atoms with Gasteiger partial charge in [-0.25, -0.2) is 0 Å². The Balaban J connectivity index is 0.948. The van der Waals surface area contributed by atoms with Gasteiger partial charge >= 0.3 is 0 Å². The average Bonchev–Trinajstić information content (AvgIpc) is 1.41. The van der Waals surface area contributed by atoms with E-state index in [0.29, 0.717) is 28.4 Å². The van der Waals surface area contributed by atoms with E-state index < -0.39 is 103 Å². The van der Waals surface area contributed by atoms with Crippen molar-refractivity contribution in [1.29, 1.82) is 0 Å². The van der Waals surface area contributed by atoms with Crippen LogP contribution in [-0.2, 0) is 6.42 Å². The number of anilines is 6. The molecule has 0 unspecified atom stereocenters. The van der Waals surface area contributed by atoms with Gasteiger partial charge in [0.15, 0.2) is 0 Å². The zero-order chi connectivity index (χ0) is 82.0. The first-order valence-corrected chi connectivity index (χ1v) is 34.9. The molecular weight excluding hydrogens is 1260 g/mol. The fraction of sp³-hybridized carbons (Fsp3) is 0.0101. The molecule has 0 fully saturated rings. The standard InChI is InChI=1S/C99H63BN4/c1-4-24-63(25-5-1)77-38-22-39-78(64-26-6-2-7-27-64)98(77)103-93-61-73(101-89-42-18-14-34-81(89)82-35-15-19-43-90(82)101)52-54-87(93)100-88-55-53-74(102-91-44-20-16-36-83(91)84-37-17-21-45-92(84)102)62-94(88)104(96-60-72(59-95(103)97(96)100)68-49-51-70-56-69-31-11-13-33-76(69)86(70)57-68)99-79(65-28-8-3-9-29-65)40-23-41-80(99)71-50-48-67-47-46-66-30-10-12-32-75(66)85(67)58-71/h1-55,57-62H,56H2/i14D,15D,16D,17D,18D,19D,20D,21D,34D,35D,36D,37D,42D,43D,44D,45D. The fourth-order valence-corrected chi connectivity index (χ4v) is 17.1. The Hall–Kier alpha value is -13.5. The zero-order valence-corrected chi connectivity index (χ0v) is 55.6. The molecule has 104 heavy (non-hydrogen) atoms. The molecule has 0 spiro atoms. The minimum Gasteiger partial charge on any atom is -0.310 e. The third-order valence-corrected chi connectivity index (χ3v) is 21.6. The number of para-hydroxylation sites is 6. The zero-order valence-electron chi connectivity index (χ0n) is 71.6. The average molecular weight is 1340 g/mol. The maximum absolute atomic E-state index is 9.93. The van der Waals surface area contributed by atoms with Crippen LogP contribution in [0.15, 0.2) is 370 Å². The van der Waals surface area contributed by atoms with Gasteiger partial charge in [-0.15, -0.1) is 0 Å². The van der Waals surface area contributed by atoms with E-state index in [1.165, 1.54) is 11.1 Å². The highest BCUT2D eigenvalue weighted by Gasteiger charge is 2.46. The second-order valence-corrected chi connectivity index (χ2v) is 27.0. The van der Waals surface area contributed by atoms with Crippen LogP contribution in [0, 0.1) is 0 Å². The normalized spacial score (nSPS) is 14.9. The van der Waals surface area contributed by atoms with Crippen molar-refractivity contribution in [2.45, 2.75) is 6.42 Å². The van der Waals surface area contributed by atoms with E-state index in [4.69, 9.17) is 5.48 Å². The molecule has 5 heteroatoms. The monoisotopic (exact) mass is 1330 g/mol. The third-order valence-electron chi connectivity index (χ3n) is 21.6. The molecule has 19 aromatic rings. The van der Waals surface area contributed by atoms with Crippen LogP contribution in [0.3, 0.4) is 0 Å². The van der Waals surface area contributed by atoms with Crippen molar-refractivity contribution >= 4 is 122 Å². The molecular formula is C99H63BN4. The van der Waals surface area contributed by atoms with Crippen LogP contribution in [0.5, 0.6) is 0 Å². The summed E-state index contributed by atoms with van der Waals surface area (Å²) in [5, 5.41) is 3.89. The number of hydrogen-bond acceptors (Lipinski definition) is 2. The quantitative estimate of drug-likeness (QED) is 0.106. The molecule has 1 aliphatic carbocycles. The maximum Gasteiger partial charge on any atom is 0.252 e. The molecule has 17 aromatic carbocycles. The van der Waals surface area contributed by atoms with Crippen LogP contribution in [0.25, 0.3) is 143 Å². The van der Waals surface area contributed by atoms with Gasteiger partial charge in [-0.1, -0.05) is 297 Å². The minimum absolute atomic E-state index is 0.0541. The predicted molar refractivity (Wildman–Crippen MR) is 440 cm³/mol. The van der Waals surface area contributed by atoms with Gasteiger partial charge in [0.1, 0.15) is 0 Å². The molecule has 2 aromatic heterocycles. The summed E-state index contributed by atoms with van der Waals surface area (Å²) in [6.45, 7) is -0.791. The van der Waals surface area contributed by atoms with E-state index >= 15 is 0 Å². The molecule has 0 saturated heterocycles. The first-order chi connectivity index (χ1) is 58.3. The molecule has 0 amide bonds. The SMILES string of the molecule is [2H]c1c([2H])c([2H])c2c(c1[2H])c1c([2H])c([2H])c([2H])c([2H])c1n2-c1ccc2c(c1)N(c1c(-c3ccccc3)cccc1-c1ccccc1)c1cc(-c3ccc4c(c3)-c3ccccc3C4)cc3c1B2c1ccc(-n2c4c([2H])c([2H])c([2H])c([2H])c4c4c([2H])c([2H])c([2H])c([2H])c42)cc1N3c1c(-c2ccccc2)cccc1-c1ccc2ccc3ccccc3c2c1. The Kier molecular flexibility index (Phi) is 9.88. The summed E-state index contributed by atoms with van der Waals surface area (Å²) in [6, 6.07) is 85.7. The van der Waals surface area contributed by atoms with Crippen LogP contribution in [0.2, 0.25) is 0 Å². The fourth-order valence-electron chi connectivity index (χ4n) is 17.1. The van der Waals surface area contributed by atoms with Crippen LogP contribution in [-0.4, -0.2) is 15.8 Å². The van der Waals surface area contributed by atoms with E-state index in [1.54, 1.807) is 9.13 Å². The Bertz CT molecular complexity index is 7590. The first kappa shape index (κ1) is 44.6. The van der Waals surface area contributed by atoms with Crippen LogP contribution in [0.1, 0.15) is 33.1 Å².